The predicted octanol–water partition coefficient (Wildman–Crippen LogP) is 2.56. The zero-order valence-corrected chi connectivity index (χ0v) is 11.3. The minimum Gasteiger partial charge on any atom is -0.487 e. The van der Waals surface area contributed by atoms with Crippen LogP contribution in [0, 0.1) is 13.8 Å². The Bertz CT molecular complexity index is 628. The summed E-state index contributed by atoms with van der Waals surface area (Å²) in [6.07, 6.45) is 0. The highest BCUT2D eigenvalue weighted by Gasteiger charge is 2.06. The zero-order chi connectivity index (χ0) is 13.3. The minimum atomic E-state index is -0.125. The maximum absolute atomic E-state index is 11.1. The maximum atomic E-state index is 11.1. The van der Waals surface area contributed by atoms with Crippen LogP contribution in [0.15, 0.2) is 23.0 Å². The molecule has 0 atom stereocenters. The van der Waals surface area contributed by atoms with E-state index in [9.17, 15) is 4.79 Å². The third-order valence-corrected chi connectivity index (χ3v) is 3.25. The molecule has 0 spiro atoms. The molecule has 96 valence electrons. The molecule has 1 aromatic heterocycles. The van der Waals surface area contributed by atoms with E-state index in [1.54, 1.807) is 11.7 Å². The van der Waals surface area contributed by atoms with Crippen molar-refractivity contribution in [2.24, 2.45) is 7.05 Å². The van der Waals surface area contributed by atoms with Gasteiger partial charge in [-0.2, -0.15) is 0 Å². The fourth-order valence-corrected chi connectivity index (χ4v) is 1.94. The lowest BCUT2D eigenvalue weighted by Gasteiger charge is -2.11. The van der Waals surface area contributed by atoms with E-state index in [2.05, 4.69) is 5.10 Å². The monoisotopic (exact) mass is 266 g/mol. The van der Waals surface area contributed by atoms with Gasteiger partial charge in [-0.05, 0) is 37.1 Å². The van der Waals surface area contributed by atoms with E-state index in [1.807, 2.05) is 26.0 Å². The Morgan fingerprint density at radius 2 is 2.00 bits per heavy atom. The van der Waals surface area contributed by atoms with Gasteiger partial charge in [0.25, 0.3) is 5.56 Å². The molecule has 0 aliphatic rings. The topological polar surface area (TPSA) is 47.0 Å². The third kappa shape index (κ3) is 2.59. The number of nitrogens with zero attached hydrogens (tertiary/aromatic N) is 1. The SMILES string of the molecule is Cc1cc(OCc2cc(=O)[nH]n2C)c(C)cc1Cl. The lowest BCUT2D eigenvalue weighted by molar-refractivity contribution is 0.292. The molecule has 4 nitrogen and oxygen atoms in total. The molecule has 1 heterocycles. The third-order valence-electron chi connectivity index (χ3n) is 2.84. The molecular weight excluding hydrogens is 252 g/mol. The zero-order valence-electron chi connectivity index (χ0n) is 10.6. The number of halogens is 1. The first-order valence-corrected chi connectivity index (χ1v) is 5.99. The molecule has 0 aliphatic heterocycles. The summed E-state index contributed by atoms with van der Waals surface area (Å²) in [5, 5.41) is 3.37. The summed E-state index contributed by atoms with van der Waals surface area (Å²) in [6.45, 7) is 4.22. The number of ether oxygens (including phenoxy) is 1. The number of aryl methyl sites for hydroxylation is 3. The van der Waals surface area contributed by atoms with Crippen LogP contribution in [0.2, 0.25) is 5.02 Å². The van der Waals surface area contributed by atoms with Crippen molar-refractivity contribution in [2.45, 2.75) is 20.5 Å². The van der Waals surface area contributed by atoms with Gasteiger partial charge in [-0.25, -0.2) is 0 Å². The highest BCUT2D eigenvalue weighted by atomic mass is 35.5. The molecule has 18 heavy (non-hydrogen) atoms. The molecule has 0 saturated heterocycles. The van der Waals surface area contributed by atoms with Gasteiger partial charge >= 0.3 is 0 Å². The number of nitrogens with one attached hydrogen (secondary N) is 1. The Kier molecular flexibility index (Phi) is 3.48. The van der Waals surface area contributed by atoms with Crippen LogP contribution >= 0.6 is 11.6 Å². The van der Waals surface area contributed by atoms with E-state index in [0.717, 1.165) is 27.6 Å². The number of hydrogen-bond acceptors (Lipinski definition) is 2. The van der Waals surface area contributed by atoms with Crippen molar-refractivity contribution in [3.05, 3.63) is 50.4 Å². The molecule has 1 N–H and O–H groups in total. The van der Waals surface area contributed by atoms with Crippen LogP contribution in [-0.4, -0.2) is 9.78 Å². The molecule has 2 aromatic rings. The van der Waals surface area contributed by atoms with Gasteiger partial charge < -0.3 is 4.74 Å². The Hall–Kier alpha value is -1.68. The second-order valence-corrected chi connectivity index (χ2v) is 4.73. The highest BCUT2D eigenvalue weighted by molar-refractivity contribution is 6.31. The Labute approximate surface area is 110 Å². The van der Waals surface area contributed by atoms with Gasteiger partial charge in [0.2, 0.25) is 0 Å². The Morgan fingerprint density at radius 3 is 2.61 bits per heavy atom. The first-order chi connectivity index (χ1) is 8.47. The van der Waals surface area contributed by atoms with Crippen molar-refractivity contribution in [1.82, 2.24) is 9.78 Å². The Morgan fingerprint density at radius 1 is 1.28 bits per heavy atom. The average Bonchev–Trinajstić information content (AvgIpc) is 2.61. The van der Waals surface area contributed by atoms with Crippen LogP contribution < -0.4 is 10.3 Å². The minimum absolute atomic E-state index is 0.125. The van der Waals surface area contributed by atoms with E-state index < -0.39 is 0 Å². The fourth-order valence-electron chi connectivity index (χ4n) is 1.72. The molecule has 0 radical (unpaired) electrons. The van der Waals surface area contributed by atoms with E-state index in [0.29, 0.717) is 6.61 Å². The summed E-state index contributed by atoms with van der Waals surface area (Å²) in [5.74, 6) is 0.783. The summed E-state index contributed by atoms with van der Waals surface area (Å²) in [4.78, 5) is 11.1. The summed E-state index contributed by atoms with van der Waals surface area (Å²) >= 11 is 6.03. The Balaban J connectivity index is 2.18. The number of benzene rings is 1. The number of hydrogen-bond donors (Lipinski definition) is 1. The van der Waals surface area contributed by atoms with Crippen molar-refractivity contribution in [3.63, 3.8) is 0 Å². The summed E-state index contributed by atoms with van der Waals surface area (Å²) in [7, 11) is 1.78. The van der Waals surface area contributed by atoms with Gasteiger partial charge in [-0.15, -0.1) is 0 Å². The first-order valence-electron chi connectivity index (χ1n) is 5.62. The standard InChI is InChI=1S/C13H15ClN2O2/c1-8-5-12(9(2)4-11(8)14)18-7-10-6-13(17)15-16(10)3/h4-6H,7H2,1-3H3,(H,15,17). The van der Waals surface area contributed by atoms with Crippen molar-refractivity contribution >= 4 is 11.6 Å². The van der Waals surface area contributed by atoms with Gasteiger partial charge in [0.1, 0.15) is 12.4 Å². The average molecular weight is 267 g/mol. The maximum Gasteiger partial charge on any atom is 0.264 e. The van der Waals surface area contributed by atoms with Crippen molar-refractivity contribution in [2.75, 3.05) is 0 Å². The number of aromatic nitrogens is 2. The van der Waals surface area contributed by atoms with Crippen LogP contribution in [0.1, 0.15) is 16.8 Å². The molecule has 0 unspecified atom stereocenters. The lowest BCUT2D eigenvalue weighted by Crippen LogP contribution is -2.04. The molecule has 0 fully saturated rings. The van der Waals surface area contributed by atoms with Gasteiger partial charge in [0, 0.05) is 18.1 Å². The van der Waals surface area contributed by atoms with Crippen LogP contribution in [-0.2, 0) is 13.7 Å². The first kappa shape index (κ1) is 12.8. The predicted molar refractivity (Wildman–Crippen MR) is 71.3 cm³/mol. The highest BCUT2D eigenvalue weighted by Crippen LogP contribution is 2.26. The second kappa shape index (κ2) is 4.90. The quantitative estimate of drug-likeness (QED) is 0.928. The van der Waals surface area contributed by atoms with Gasteiger partial charge in [-0.3, -0.25) is 14.6 Å². The van der Waals surface area contributed by atoms with Crippen LogP contribution in [0.3, 0.4) is 0 Å². The molecule has 0 bridgehead atoms. The van der Waals surface area contributed by atoms with Gasteiger partial charge in [0.05, 0.1) is 5.69 Å². The molecule has 0 saturated carbocycles. The summed E-state index contributed by atoms with van der Waals surface area (Å²) < 4.78 is 7.37. The number of aromatic amines is 1. The van der Waals surface area contributed by atoms with Gasteiger partial charge in [0.15, 0.2) is 0 Å². The van der Waals surface area contributed by atoms with Crippen LogP contribution in [0.4, 0.5) is 0 Å². The molecule has 1 aromatic carbocycles. The smallest absolute Gasteiger partial charge is 0.264 e. The summed E-state index contributed by atoms with van der Waals surface area (Å²) in [5.41, 5.74) is 2.62. The van der Waals surface area contributed by atoms with E-state index in [1.165, 1.54) is 6.07 Å². The molecule has 5 heteroatoms. The second-order valence-electron chi connectivity index (χ2n) is 4.33. The largest absolute Gasteiger partial charge is 0.487 e. The molecule has 2 rings (SSSR count). The van der Waals surface area contributed by atoms with E-state index >= 15 is 0 Å². The number of rotatable bonds is 3. The molecule has 0 amide bonds. The molecular formula is C13H15ClN2O2. The van der Waals surface area contributed by atoms with Crippen LogP contribution in [0.25, 0.3) is 0 Å². The van der Waals surface area contributed by atoms with Crippen molar-refractivity contribution < 1.29 is 4.74 Å². The normalized spacial score (nSPS) is 10.7. The van der Waals surface area contributed by atoms with E-state index in [4.69, 9.17) is 16.3 Å². The summed E-state index contributed by atoms with van der Waals surface area (Å²) in [6, 6.07) is 5.31. The van der Waals surface area contributed by atoms with Gasteiger partial charge in [-0.1, -0.05) is 11.6 Å². The fraction of sp³-hybridized carbons (Fsp3) is 0.308. The lowest BCUT2D eigenvalue weighted by atomic mass is 10.1. The van der Waals surface area contributed by atoms with Crippen molar-refractivity contribution in [1.29, 1.82) is 0 Å². The number of H-pyrrole nitrogens is 1. The van der Waals surface area contributed by atoms with Crippen molar-refractivity contribution in [3.8, 4) is 5.75 Å². The van der Waals surface area contributed by atoms with Crippen LogP contribution in [0.5, 0.6) is 5.75 Å². The van der Waals surface area contributed by atoms with E-state index in [-0.39, 0.29) is 5.56 Å². The molecule has 0 aliphatic carbocycles.